The van der Waals surface area contributed by atoms with Crippen LogP contribution in [0.4, 0.5) is 0 Å². The number of pyridine rings is 1. The van der Waals surface area contributed by atoms with Crippen LogP contribution in [0.1, 0.15) is 18.1 Å². The molecule has 1 aromatic carbocycles. The fourth-order valence-corrected chi connectivity index (χ4v) is 2.34. The topological polar surface area (TPSA) is 73.3 Å². The van der Waals surface area contributed by atoms with Crippen molar-refractivity contribution in [1.82, 2.24) is 4.98 Å². The van der Waals surface area contributed by atoms with Gasteiger partial charge in [0.25, 0.3) is 0 Å². The summed E-state index contributed by atoms with van der Waals surface area (Å²) in [6, 6.07) is 6.48. The van der Waals surface area contributed by atoms with Crippen molar-refractivity contribution in [3.8, 4) is 0 Å². The third kappa shape index (κ3) is 2.63. The van der Waals surface area contributed by atoms with Crippen LogP contribution in [-0.2, 0) is 0 Å². The molecule has 5 heteroatoms. The van der Waals surface area contributed by atoms with Crippen LogP contribution in [0, 0.1) is 0 Å². The van der Waals surface area contributed by atoms with E-state index >= 15 is 0 Å². The molecule has 2 atom stereocenters. The average Bonchev–Trinajstić information content (AvgIpc) is 2.38. The van der Waals surface area contributed by atoms with Crippen molar-refractivity contribution in [2.24, 2.45) is 0 Å². The summed E-state index contributed by atoms with van der Waals surface area (Å²) in [5.74, 6) is 0. The van der Waals surface area contributed by atoms with E-state index < -0.39 is 12.2 Å². The highest BCUT2D eigenvalue weighted by Gasteiger charge is 2.18. The SMILES string of the molecule is O=c1cc[nH]c2cc(C(O)C(O)CCBr)ccc12. The van der Waals surface area contributed by atoms with E-state index in [1.807, 2.05) is 0 Å². The quantitative estimate of drug-likeness (QED) is 0.753. The number of rotatable bonds is 4. The molecule has 0 spiro atoms. The van der Waals surface area contributed by atoms with Gasteiger partial charge in [-0.1, -0.05) is 22.0 Å². The van der Waals surface area contributed by atoms with Gasteiger partial charge in [0.1, 0.15) is 6.10 Å². The highest BCUT2D eigenvalue weighted by Crippen LogP contribution is 2.21. The minimum Gasteiger partial charge on any atom is -0.390 e. The number of aliphatic hydroxyl groups is 2. The number of halogens is 1. The summed E-state index contributed by atoms with van der Waals surface area (Å²) < 4.78 is 0. The summed E-state index contributed by atoms with van der Waals surface area (Å²) >= 11 is 3.22. The Kier molecular flexibility index (Phi) is 4.16. The van der Waals surface area contributed by atoms with Gasteiger partial charge >= 0.3 is 0 Å². The summed E-state index contributed by atoms with van der Waals surface area (Å²) in [5, 5.41) is 20.9. The number of aromatic amines is 1. The van der Waals surface area contributed by atoms with Crippen molar-refractivity contribution in [3.05, 3.63) is 46.2 Å². The first-order valence-electron chi connectivity index (χ1n) is 5.67. The van der Waals surface area contributed by atoms with Gasteiger partial charge in [-0.05, 0) is 24.1 Å². The third-order valence-corrected chi connectivity index (χ3v) is 3.35. The zero-order valence-electron chi connectivity index (χ0n) is 9.64. The highest BCUT2D eigenvalue weighted by atomic mass is 79.9. The van der Waals surface area contributed by atoms with E-state index in [1.165, 1.54) is 6.07 Å². The van der Waals surface area contributed by atoms with Gasteiger partial charge in [-0.3, -0.25) is 4.79 Å². The third-order valence-electron chi connectivity index (χ3n) is 2.89. The molecule has 0 radical (unpaired) electrons. The van der Waals surface area contributed by atoms with Crippen molar-refractivity contribution in [2.75, 3.05) is 5.33 Å². The second kappa shape index (κ2) is 5.65. The minimum atomic E-state index is -0.948. The number of aliphatic hydroxyl groups excluding tert-OH is 2. The predicted molar refractivity (Wildman–Crippen MR) is 73.9 cm³/mol. The molecular weight excluding hydrogens is 298 g/mol. The van der Waals surface area contributed by atoms with Crippen LogP contribution in [0.15, 0.2) is 35.3 Å². The summed E-state index contributed by atoms with van der Waals surface area (Å²) in [7, 11) is 0. The Morgan fingerprint density at radius 3 is 2.78 bits per heavy atom. The van der Waals surface area contributed by atoms with E-state index in [-0.39, 0.29) is 5.43 Å². The van der Waals surface area contributed by atoms with Crippen LogP contribution >= 0.6 is 15.9 Å². The second-order valence-corrected chi connectivity index (χ2v) is 4.93. The Labute approximate surface area is 112 Å². The molecule has 18 heavy (non-hydrogen) atoms. The molecule has 0 fully saturated rings. The van der Waals surface area contributed by atoms with Gasteiger partial charge in [-0.25, -0.2) is 0 Å². The molecule has 3 N–H and O–H groups in total. The van der Waals surface area contributed by atoms with Gasteiger partial charge < -0.3 is 15.2 Å². The number of aromatic nitrogens is 1. The molecule has 0 aliphatic heterocycles. The van der Waals surface area contributed by atoms with E-state index in [0.29, 0.717) is 28.2 Å². The van der Waals surface area contributed by atoms with E-state index in [9.17, 15) is 15.0 Å². The molecule has 0 aliphatic carbocycles. The molecule has 2 aromatic rings. The van der Waals surface area contributed by atoms with E-state index in [4.69, 9.17) is 0 Å². The Hall–Kier alpha value is -1.17. The van der Waals surface area contributed by atoms with E-state index in [1.54, 1.807) is 24.4 Å². The van der Waals surface area contributed by atoms with E-state index in [2.05, 4.69) is 20.9 Å². The van der Waals surface area contributed by atoms with Crippen molar-refractivity contribution in [1.29, 1.82) is 0 Å². The van der Waals surface area contributed by atoms with Crippen molar-refractivity contribution in [3.63, 3.8) is 0 Å². The molecule has 0 amide bonds. The zero-order chi connectivity index (χ0) is 13.1. The number of hydrogen-bond acceptors (Lipinski definition) is 3. The smallest absolute Gasteiger partial charge is 0.189 e. The average molecular weight is 312 g/mol. The molecule has 1 aromatic heterocycles. The second-order valence-electron chi connectivity index (χ2n) is 4.14. The lowest BCUT2D eigenvalue weighted by Gasteiger charge is -2.17. The number of hydrogen-bond donors (Lipinski definition) is 3. The molecule has 1 heterocycles. The lowest BCUT2D eigenvalue weighted by atomic mass is 10.0. The van der Waals surface area contributed by atoms with Gasteiger partial charge in [-0.15, -0.1) is 0 Å². The van der Waals surface area contributed by atoms with Gasteiger partial charge in [0.05, 0.1) is 6.10 Å². The number of benzene rings is 1. The summed E-state index contributed by atoms with van der Waals surface area (Å²) in [5.41, 5.74) is 1.19. The lowest BCUT2D eigenvalue weighted by Crippen LogP contribution is -2.18. The molecule has 0 saturated heterocycles. The maximum atomic E-state index is 11.6. The molecule has 2 unspecified atom stereocenters. The minimum absolute atomic E-state index is 0.0641. The monoisotopic (exact) mass is 311 g/mol. The first-order valence-corrected chi connectivity index (χ1v) is 6.79. The zero-order valence-corrected chi connectivity index (χ0v) is 11.2. The van der Waals surface area contributed by atoms with Crippen molar-refractivity contribution >= 4 is 26.8 Å². The van der Waals surface area contributed by atoms with Crippen LogP contribution in [0.5, 0.6) is 0 Å². The van der Waals surface area contributed by atoms with E-state index in [0.717, 1.165) is 0 Å². The first kappa shape index (κ1) is 13.3. The van der Waals surface area contributed by atoms with Crippen molar-refractivity contribution in [2.45, 2.75) is 18.6 Å². The Morgan fingerprint density at radius 1 is 1.28 bits per heavy atom. The Morgan fingerprint density at radius 2 is 2.06 bits per heavy atom. The fourth-order valence-electron chi connectivity index (χ4n) is 1.87. The molecule has 0 aliphatic rings. The first-order chi connectivity index (χ1) is 8.63. The Bertz CT molecular complexity index is 596. The standard InChI is InChI=1S/C13H14BrNO3/c14-5-3-12(17)13(18)8-1-2-9-10(7-8)15-6-4-11(9)16/h1-2,4,6-7,12-13,17-18H,3,5H2,(H,15,16). The molecular formula is C13H14BrNO3. The normalized spacial score (nSPS) is 14.6. The Balaban J connectivity index is 2.38. The molecule has 2 rings (SSSR count). The predicted octanol–water partition coefficient (Wildman–Crippen LogP) is 1.71. The summed E-state index contributed by atoms with van der Waals surface area (Å²) in [4.78, 5) is 14.5. The maximum Gasteiger partial charge on any atom is 0.189 e. The molecule has 96 valence electrons. The lowest BCUT2D eigenvalue weighted by molar-refractivity contribution is 0.0174. The molecule has 0 saturated carbocycles. The van der Waals surface area contributed by atoms with Crippen LogP contribution in [0.3, 0.4) is 0 Å². The number of fused-ring (bicyclic) bond motifs is 1. The maximum absolute atomic E-state index is 11.6. The largest absolute Gasteiger partial charge is 0.390 e. The fraction of sp³-hybridized carbons (Fsp3) is 0.308. The van der Waals surface area contributed by atoms with Gasteiger partial charge in [-0.2, -0.15) is 0 Å². The van der Waals surface area contributed by atoms with Crippen LogP contribution in [0.25, 0.3) is 10.9 Å². The molecule has 4 nitrogen and oxygen atoms in total. The number of H-pyrrole nitrogens is 1. The summed E-state index contributed by atoms with van der Waals surface area (Å²) in [6.45, 7) is 0. The molecule has 0 bridgehead atoms. The number of nitrogens with one attached hydrogen (secondary N) is 1. The van der Waals surface area contributed by atoms with Gasteiger partial charge in [0, 0.05) is 28.5 Å². The summed E-state index contributed by atoms with van der Waals surface area (Å²) in [6.07, 6.45) is 0.258. The van der Waals surface area contributed by atoms with Crippen LogP contribution in [0.2, 0.25) is 0 Å². The van der Waals surface area contributed by atoms with Crippen LogP contribution in [-0.4, -0.2) is 26.6 Å². The van der Waals surface area contributed by atoms with Gasteiger partial charge in [0.15, 0.2) is 5.43 Å². The van der Waals surface area contributed by atoms with Crippen molar-refractivity contribution < 1.29 is 10.2 Å². The van der Waals surface area contributed by atoms with Crippen LogP contribution < -0.4 is 5.43 Å². The number of alkyl halides is 1. The van der Waals surface area contributed by atoms with Gasteiger partial charge in [0.2, 0.25) is 0 Å². The highest BCUT2D eigenvalue weighted by molar-refractivity contribution is 9.09.